The predicted octanol–water partition coefficient (Wildman–Crippen LogP) is 1.82. The van der Waals surface area contributed by atoms with Crippen molar-refractivity contribution in [2.45, 2.75) is 37.9 Å². The van der Waals surface area contributed by atoms with Gasteiger partial charge in [0.25, 0.3) is 0 Å². The van der Waals surface area contributed by atoms with Crippen molar-refractivity contribution >= 4 is 5.78 Å². The highest BCUT2D eigenvalue weighted by Gasteiger charge is 2.41. The summed E-state index contributed by atoms with van der Waals surface area (Å²) in [7, 11) is 0. The molecule has 1 saturated carbocycles. The van der Waals surface area contributed by atoms with Crippen molar-refractivity contribution < 1.29 is 14.3 Å². The van der Waals surface area contributed by atoms with E-state index in [1.54, 1.807) is 0 Å². The second-order valence-electron chi connectivity index (χ2n) is 4.73. The van der Waals surface area contributed by atoms with Gasteiger partial charge < -0.3 is 9.47 Å². The highest BCUT2D eigenvalue weighted by atomic mass is 16.7. The Morgan fingerprint density at radius 3 is 2.87 bits per heavy atom. The van der Waals surface area contributed by atoms with Crippen LogP contribution in [-0.4, -0.2) is 24.8 Å². The minimum absolute atomic E-state index is 0.305. The maximum Gasteiger partial charge on any atom is 0.168 e. The zero-order valence-electron chi connectivity index (χ0n) is 8.83. The van der Waals surface area contributed by atoms with Crippen LogP contribution in [0.2, 0.25) is 0 Å². The standard InChI is InChI=1S/C12H16O3/c13-11-7-9-1-3-12(14-5-6-15-12)4-2-10(9)8-11/h7,10H,1-6,8H2. The molecule has 3 heteroatoms. The van der Waals surface area contributed by atoms with Crippen LogP contribution in [0.15, 0.2) is 11.6 Å². The van der Waals surface area contributed by atoms with E-state index in [9.17, 15) is 4.79 Å². The third kappa shape index (κ3) is 1.64. The number of fused-ring (bicyclic) bond motifs is 1. The van der Waals surface area contributed by atoms with Crippen molar-refractivity contribution in [3.63, 3.8) is 0 Å². The average Bonchev–Trinajstić information content (AvgIpc) is 2.76. The minimum Gasteiger partial charge on any atom is -0.348 e. The molecule has 1 aliphatic heterocycles. The fraction of sp³-hybridized carbons (Fsp3) is 0.750. The molecule has 82 valence electrons. The van der Waals surface area contributed by atoms with E-state index in [1.807, 2.05) is 6.08 Å². The topological polar surface area (TPSA) is 35.5 Å². The summed E-state index contributed by atoms with van der Waals surface area (Å²) >= 11 is 0. The van der Waals surface area contributed by atoms with E-state index in [2.05, 4.69) is 0 Å². The summed E-state index contributed by atoms with van der Waals surface area (Å²) in [6, 6.07) is 0. The van der Waals surface area contributed by atoms with Gasteiger partial charge in [-0.05, 0) is 24.8 Å². The molecule has 3 nitrogen and oxygen atoms in total. The Morgan fingerprint density at radius 2 is 2.07 bits per heavy atom. The fourth-order valence-electron chi connectivity index (χ4n) is 2.96. The smallest absolute Gasteiger partial charge is 0.168 e. The zero-order valence-corrected chi connectivity index (χ0v) is 8.83. The quantitative estimate of drug-likeness (QED) is 0.609. The molecule has 1 heterocycles. The van der Waals surface area contributed by atoms with Gasteiger partial charge in [0, 0.05) is 19.3 Å². The first kappa shape index (κ1) is 9.55. The fourth-order valence-corrected chi connectivity index (χ4v) is 2.96. The van der Waals surface area contributed by atoms with Gasteiger partial charge in [-0.25, -0.2) is 0 Å². The molecule has 0 bridgehead atoms. The van der Waals surface area contributed by atoms with E-state index in [1.165, 1.54) is 5.57 Å². The van der Waals surface area contributed by atoms with Crippen LogP contribution in [0.1, 0.15) is 32.1 Å². The molecule has 1 atom stereocenters. The van der Waals surface area contributed by atoms with Crippen molar-refractivity contribution in [2.24, 2.45) is 5.92 Å². The predicted molar refractivity (Wildman–Crippen MR) is 54.3 cm³/mol. The Hall–Kier alpha value is -0.670. The molecule has 0 aromatic carbocycles. The summed E-state index contributed by atoms with van der Waals surface area (Å²) in [4.78, 5) is 11.3. The monoisotopic (exact) mass is 208 g/mol. The van der Waals surface area contributed by atoms with E-state index in [0.717, 1.165) is 38.9 Å². The van der Waals surface area contributed by atoms with E-state index < -0.39 is 0 Å². The van der Waals surface area contributed by atoms with E-state index in [-0.39, 0.29) is 5.79 Å². The number of hydrogen-bond donors (Lipinski definition) is 0. The number of hydrogen-bond acceptors (Lipinski definition) is 3. The molecular weight excluding hydrogens is 192 g/mol. The lowest BCUT2D eigenvalue weighted by Gasteiger charge is -2.25. The van der Waals surface area contributed by atoms with Crippen LogP contribution in [0.5, 0.6) is 0 Å². The van der Waals surface area contributed by atoms with Crippen LogP contribution in [0.25, 0.3) is 0 Å². The second-order valence-corrected chi connectivity index (χ2v) is 4.73. The highest BCUT2D eigenvalue weighted by molar-refractivity contribution is 5.93. The Kier molecular flexibility index (Phi) is 2.18. The zero-order chi connectivity index (χ0) is 10.3. The van der Waals surface area contributed by atoms with Gasteiger partial charge in [-0.15, -0.1) is 0 Å². The van der Waals surface area contributed by atoms with Crippen LogP contribution in [0.3, 0.4) is 0 Å². The third-order valence-electron chi connectivity index (χ3n) is 3.80. The van der Waals surface area contributed by atoms with Crippen molar-refractivity contribution in [1.29, 1.82) is 0 Å². The van der Waals surface area contributed by atoms with Crippen molar-refractivity contribution in [3.8, 4) is 0 Å². The summed E-state index contributed by atoms with van der Waals surface area (Å²) in [5, 5.41) is 0. The lowest BCUT2D eigenvalue weighted by atomic mass is 9.97. The van der Waals surface area contributed by atoms with Crippen LogP contribution in [0.4, 0.5) is 0 Å². The third-order valence-corrected chi connectivity index (χ3v) is 3.80. The first-order chi connectivity index (χ1) is 7.27. The molecule has 1 unspecified atom stereocenters. The van der Waals surface area contributed by atoms with Gasteiger partial charge in [-0.2, -0.15) is 0 Å². The molecule has 0 aromatic rings. The molecule has 1 spiro atoms. The van der Waals surface area contributed by atoms with Gasteiger partial charge in [0.1, 0.15) is 0 Å². The normalized spacial score (nSPS) is 34.0. The Bertz CT molecular complexity index is 313. The molecule has 3 aliphatic rings. The first-order valence-electron chi connectivity index (χ1n) is 5.79. The molecule has 15 heavy (non-hydrogen) atoms. The van der Waals surface area contributed by atoms with Crippen LogP contribution >= 0.6 is 0 Å². The van der Waals surface area contributed by atoms with Gasteiger partial charge in [0.2, 0.25) is 0 Å². The highest BCUT2D eigenvalue weighted by Crippen LogP contribution is 2.42. The SMILES string of the molecule is O=C1C=C2CCC3(CCC2C1)OCCO3. The van der Waals surface area contributed by atoms with Crippen molar-refractivity contribution in [1.82, 2.24) is 0 Å². The molecule has 0 amide bonds. The molecule has 0 N–H and O–H groups in total. The molecule has 3 rings (SSSR count). The first-order valence-corrected chi connectivity index (χ1v) is 5.79. The van der Waals surface area contributed by atoms with Crippen molar-refractivity contribution in [2.75, 3.05) is 13.2 Å². The van der Waals surface area contributed by atoms with E-state index in [0.29, 0.717) is 18.1 Å². The molecular formula is C12H16O3. The number of rotatable bonds is 0. The maximum absolute atomic E-state index is 11.3. The molecule has 2 fully saturated rings. The Labute approximate surface area is 89.4 Å². The van der Waals surface area contributed by atoms with Crippen LogP contribution < -0.4 is 0 Å². The number of allylic oxidation sites excluding steroid dienone is 2. The molecule has 0 aromatic heterocycles. The lowest BCUT2D eigenvalue weighted by Crippen LogP contribution is -2.29. The van der Waals surface area contributed by atoms with Gasteiger partial charge in [0.15, 0.2) is 11.6 Å². The average molecular weight is 208 g/mol. The van der Waals surface area contributed by atoms with Gasteiger partial charge >= 0.3 is 0 Å². The maximum atomic E-state index is 11.3. The molecule has 2 aliphatic carbocycles. The Balaban J connectivity index is 1.77. The number of carbonyl (C=O) groups is 1. The Morgan fingerprint density at radius 1 is 1.27 bits per heavy atom. The second kappa shape index (κ2) is 3.42. The summed E-state index contributed by atoms with van der Waals surface area (Å²) < 4.78 is 11.4. The van der Waals surface area contributed by atoms with Crippen molar-refractivity contribution in [3.05, 3.63) is 11.6 Å². The number of ketones is 1. The largest absolute Gasteiger partial charge is 0.348 e. The van der Waals surface area contributed by atoms with E-state index in [4.69, 9.17) is 9.47 Å². The molecule has 1 saturated heterocycles. The summed E-state index contributed by atoms with van der Waals surface area (Å²) in [6.07, 6.45) is 6.43. The summed E-state index contributed by atoms with van der Waals surface area (Å²) in [5.41, 5.74) is 1.33. The van der Waals surface area contributed by atoms with Crippen LogP contribution in [-0.2, 0) is 14.3 Å². The van der Waals surface area contributed by atoms with Gasteiger partial charge in [0.05, 0.1) is 13.2 Å². The van der Waals surface area contributed by atoms with Crippen LogP contribution in [0, 0.1) is 5.92 Å². The number of carbonyl (C=O) groups excluding carboxylic acids is 1. The van der Waals surface area contributed by atoms with Gasteiger partial charge in [-0.3, -0.25) is 4.79 Å². The summed E-state index contributed by atoms with van der Waals surface area (Å²) in [5.74, 6) is 0.470. The minimum atomic E-state index is -0.311. The summed E-state index contributed by atoms with van der Waals surface area (Å²) in [6.45, 7) is 1.45. The van der Waals surface area contributed by atoms with E-state index >= 15 is 0 Å². The molecule has 0 radical (unpaired) electrons. The van der Waals surface area contributed by atoms with Gasteiger partial charge in [-0.1, -0.05) is 5.57 Å². The number of ether oxygens (including phenoxy) is 2. The lowest BCUT2D eigenvalue weighted by molar-refractivity contribution is -0.165.